The first-order chi connectivity index (χ1) is 11.5. The van der Waals surface area contributed by atoms with Crippen LogP contribution in [0.3, 0.4) is 0 Å². The highest BCUT2D eigenvalue weighted by molar-refractivity contribution is 5.85. The Morgan fingerprint density at radius 1 is 1.29 bits per heavy atom. The summed E-state index contributed by atoms with van der Waals surface area (Å²) < 4.78 is 16.6. The Morgan fingerprint density at radius 2 is 2.04 bits per heavy atom. The lowest BCUT2D eigenvalue weighted by atomic mass is 9.90. The van der Waals surface area contributed by atoms with Crippen molar-refractivity contribution in [1.82, 2.24) is 15.5 Å². The summed E-state index contributed by atoms with van der Waals surface area (Å²) in [5, 5.41) is 7.18. The Balaban J connectivity index is 1.79. The summed E-state index contributed by atoms with van der Waals surface area (Å²) in [5.41, 5.74) is -0.760. The van der Waals surface area contributed by atoms with Crippen molar-refractivity contribution in [2.45, 2.75) is 64.0 Å². The molecule has 2 saturated heterocycles. The molecular weight excluding hydrogens is 310 g/mol. The first kappa shape index (κ1) is 17.4. The summed E-state index contributed by atoms with van der Waals surface area (Å²) in [5.74, 6) is 1.47. The van der Waals surface area contributed by atoms with Crippen molar-refractivity contribution >= 4 is 5.91 Å². The van der Waals surface area contributed by atoms with Gasteiger partial charge in [0.1, 0.15) is 11.6 Å². The molecule has 1 aromatic rings. The molecule has 7 heteroatoms. The Labute approximate surface area is 142 Å². The van der Waals surface area contributed by atoms with Gasteiger partial charge in [-0.1, -0.05) is 19.0 Å². The third-order valence-electron chi connectivity index (χ3n) is 4.96. The summed E-state index contributed by atoms with van der Waals surface area (Å²) in [7, 11) is 0. The number of hydrogen-bond donors (Lipinski definition) is 1. The summed E-state index contributed by atoms with van der Waals surface area (Å²) in [6.07, 6.45) is 3.37. The van der Waals surface area contributed by atoms with Crippen LogP contribution in [0.25, 0.3) is 0 Å². The van der Waals surface area contributed by atoms with Gasteiger partial charge in [-0.25, -0.2) is 0 Å². The number of nitrogens with zero attached hydrogens (tertiary/aromatic N) is 2. The average molecular weight is 337 g/mol. The maximum absolute atomic E-state index is 12.8. The van der Waals surface area contributed by atoms with Gasteiger partial charge in [0, 0.05) is 25.7 Å². The highest BCUT2D eigenvalue weighted by Gasteiger charge is 2.41. The molecule has 0 bridgehead atoms. The monoisotopic (exact) mass is 337 g/mol. The van der Waals surface area contributed by atoms with Gasteiger partial charge in [-0.15, -0.1) is 0 Å². The number of hydrogen-bond acceptors (Lipinski definition) is 6. The van der Waals surface area contributed by atoms with E-state index in [1.165, 1.54) is 0 Å². The lowest BCUT2D eigenvalue weighted by molar-refractivity contribution is -0.141. The molecule has 3 rings (SSSR count). The van der Waals surface area contributed by atoms with Crippen molar-refractivity contribution in [3.8, 4) is 0 Å². The first-order valence-corrected chi connectivity index (χ1v) is 8.86. The lowest BCUT2D eigenvalue weighted by Gasteiger charge is -2.31. The number of aromatic nitrogens is 2. The third-order valence-corrected chi connectivity index (χ3v) is 4.96. The minimum atomic E-state index is -0.760. The molecule has 134 valence electrons. The zero-order valence-corrected chi connectivity index (χ0v) is 14.7. The molecule has 2 aliphatic heterocycles. The molecular formula is C17H27N3O4. The van der Waals surface area contributed by atoms with E-state index in [0.29, 0.717) is 31.5 Å². The largest absolute Gasteiger partial charge is 0.381 e. The van der Waals surface area contributed by atoms with Gasteiger partial charge in [0.15, 0.2) is 5.82 Å². The number of carbonyl (C=O) groups excluding carboxylic acids is 1. The fraction of sp³-hybridized carbons (Fsp3) is 0.824. The maximum Gasteiger partial charge on any atom is 0.252 e. The fourth-order valence-corrected chi connectivity index (χ4v) is 3.29. The molecule has 0 aliphatic carbocycles. The van der Waals surface area contributed by atoms with Crippen LogP contribution in [-0.4, -0.2) is 41.5 Å². The van der Waals surface area contributed by atoms with E-state index in [1.54, 1.807) is 0 Å². The Bertz CT molecular complexity index is 560. The van der Waals surface area contributed by atoms with Gasteiger partial charge in [-0.3, -0.25) is 4.79 Å². The highest BCUT2D eigenvalue weighted by Crippen LogP contribution is 2.32. The predicted molar refractivity (Wildman–Crippen MR) is 86.4 cm³/mol. The third kappa shape index (κ3) is 3.62. The van der Waals surface area contributed by atoms with Crippen molar-refractivity contribution in [2.24, 2.45) is 5.92 Å². The molecule has 2 fully saturated rings. The van der Waals surface area contributed by atoms with Crippen LogP contribution in [0.1, 0.15) is 70.1 Å². The van der Waals surface area contributed by atoms with Gasteiger partial charge in [0.25, 0.3) is 5.91 Å². The normalized spacial score (nSPS) is 26.7. The van der Waals surface area contributed by atoms with Crippen LogP contribution in [0.15, 0.2) is 4.52 Å². The van der Waals surface area contributed by atoms with Crippen LogP contribution < -0.4 is 5.32 Å². The molecule has 24 heavy (non-hydrogen) atoms. The quantitative estimate of drug-likeness (QED) is 0.887. The smallest absolute Gasteiger partial charge is 0.252 e. The van der Waals surface area contributed by atoms with E-state index in [4.69, 9.17) is 14.0 Å². The van der Waals surface area contributed by atoms with Crippen LogP contribution in [0, 0.1) is 5.92 Å². The second-order valence-electron chi connectivity index (χ2n) is 7.23. The Morgan fingerprint density at radius 3 is 2.62 bits per heavy atom. The van der Waals surface area contributed by atoms with Crippen LogP contribution >= 0.6 is 0 Å². The van der Waals surface area contributed by atoms with Crippen LogP contribution in [-0.2, 0) is 14.3 Å². The minimum absolute atomic E-state index is 0.0965. The SMILES string of the molecule is CC(C)c1noc([C@@H](NC(=O)[C@]2(C)CCCO2)C2CCOCC2)n1. The van der Waals surface area contributed by atoms with Gasteiger partial charge in [-0.2, -0.15) is 4.98 Å². The summed E-state index contributed by atoms with van der Waals surface area (Å²) in [6.45, 7) is 7.90. The number of ether oxygens (including phenoxy) is 2. The Hall–Kier alpha value is -1.47. The predicted octanol–water partition coefficient (Wildman–Crippen LogP) is 2.35. The Kier molecular flexibility index (Phi) is 5.20. The van der Waals surface area contributed by atoms with Crippen molar-refractivity contribution in [3.63, 3.8) is 0 Å². The molecule has 2 aliphatic rings. The molecule has 2 atom stereocenters. The topological polar surface area (TPSA) is 86.5 Å². The fourth-order valence-electron chi connectivity index (χ4n) is 3.29. The van der Waals surface area contributed by atoms with E-state index in [0.717, 1.165) is 25.7 Å². The van der Waals surface area contributed by atoms with Crippen LogP contribution in [0.5, 0.6) is 0 Å². The molecule has 0 aromatic carbocycles. The van der Waals surface area contributed by atoms with E-state index in [2.05, 4.69) is 15.5 Å². The minimum Gasteiger partial charge on any atom is -0.381 e. The van der Waals surface area contributed by atoms with Crippen LogP contribution in [0.4, 0.5) is 0 Å². The second-order valence-corrected chi connectivity index (χ2v) is 7.23. The second kappa shape index (κ2) is 7.19. The molecule has 7 nitrogen and oxygen atoms in total. The van der Waals surface area contributed by atoms with E-state index in [-0.39, 0.29) is 23.8 Å². The van der Waals surface area contributed by atoms with E-state index < -0.39 is 5.60 Å². The van der Waals surface area contributed by atoms with Gasteiger partial charge in [-0.05, 0) is 38.5 Å². The van der Waals surface area contributed by atoms with Crippen molar-refractivity contribution < 1.29 is 18.8 Å². The molecule has 1 N–H and O–H groups in total. The van der Waals surface area contributed by atoms with Crippen molar-refractivity contribution in [3.05, 3.63) is 11.7 Å². The van der Waals surface area contributed by atoms with Crippen molar-refractivity contribution in [2.75, 3.05) is 19.8 Å². The van der Waals surface area contributed by atoms with Gasteiger partial charge in [0.2, 0.25) is 5.89 Å². The van der Waals surface area contributed by atoms with E-state index >= 15 is 0 Å². The average Bonchev–Trinajstić information content (AvgIpc) is 3.23. The van der Waals surface area contributed by atoms with Crippen molar-refractivity contribution in [1.29, 1.82) is 0 Å². The summed E-state index contributed by atoms with van der Waals surface area (Å²) >= 11 is 0. The van der Waals surface area contributed by atoms with Gasteiger partial charge < -0.3 is 19.3 Å². The maximum atomic E-state index is 12.8. The van der Waals surface area contributed by atoms with Gasteiger partial charge >= 0.3 is 0 Å². The summed E-state index contributed by atoms with van der Waals surface area (Å²) in [6, 6.07) is -0.289. The summed E-state index contributed by atoms with van der Waals surface area (Å²) in [4.78, 5) is 17.3. The number of rotatable bonds is 5. The first-order valence-electron chi connectivity index (χ1n) is 8.86. The lowest BCUT2D eigenvalue weighted by Crippen LogP contribution is -2.47. The molecule has 0 unspecified atom stereocenters. The standard InChI is InChI=1S/C17H27N3O4/c1-11(2)14-19-15(24-20-14)13(12-5-9-22-10-6-12)18-16(21)17(3)7-4-8-23-17/h11-13H,4-10H2,1-3H3,(H,18,21)/t13-,17-/m0/s1. The van der Waals surface area contributed by atoms with Crippen LogP contribution in [0.2, 0.25) is 0 Å². The number of carbonyl (C=O) groups is 1. The molecule has 0 spiro atoms. The molecule has 0 radical (unpaired) electrons. The molecule has 1 aromatic heterocycles. The van der Waals surface area contributed by atoms with E-state index in [9.17, 15) is 4.79 Å². The number of amides is 1. The van der Waals surface area contributed by atoms with E-state index in [1.807, 2.05) is 20.8 Å². The van der Waals surface area contributed by atoms with Gasteiger partial charge in [0.05, 0.1) is 0 Å². The highest BCUT2D eigenvalue weighted by atomic mass is 16.5. The number of nitrogens with one attached hydrogen (secondary N) is 1. The molecule has 0 saturated carbocycles. The molecule has 1 amide bonds. The zero-order chi connectivity index (χ0) is 17.2. The molecule has 3 heterocycles. The zero-order valence-electron chi connectivity index (χ0n) is 14.7.